The minimum atomic E-state index is -3.34. The SMILES string of the molecule is CCCS(=O)(=O)N1CCC(CNC(=O)c2ccc(Cl)cc2Cl)(c2cccc(F)n2)CC1. The molecule has 1 aromatic heterocycles. The number of halogens is 3. The number of piperidine rings is 1. The van der Waals surface area contributed by atoms with E-state index in [0.717, 1.165) is 0 Å². The molecule has 168 valence electrons. The number of pyridine rings is 1. The number of carbonyl (C=O) groups excluding carboxylic acids is 1. The molecule has 0 bridgehead atoms. The Labute approximate surface area is 191 Å². The molecule has 31 heavy (non-hydrogen) atoms. The first-order valence-electron chi connectivity index (χ1n) is 10.0. The molecule has 0 spiro atoms. The lowest BCUT2D eigenvalue weighted by Crippen LogP contribution is -2.51. The number of aromatic nitrogens is 1. The molecular weight excluding hydrogens is 464 g/mol. The van der Waals surface area contributed by atoms with Crippen LogP contribution in [0.25, 0.3) is 0 Å². The Hall–Kier alpha value is -1.74. The molecule has 0 unspecified atom stereocenters. The molecular formula is C21H24Cl2FN3O3S. The maximum absolute atomic E-state index is 13.9. The van der Waals surface area contributed by atoms with Crippen LogP contribution in [0.3, 0.4) is 0 Å². The lowest BCUT2D eigenvalue weighted by Gasteiger charge is -2.41. The highest BCUT2D eigenvalue weighted by Gasteiger charge is 2.40. The van der Waals surface area contributed by atoms with Crippen LogP contribution >= 0.6 is 23.2 Å². The highest BCUT2D eigenvalue weighted by atomic mass is 35.5. The van der Waals surface area contributed by atoms with E-state index in [0.29, 0.717) is 30.0 Å². The summed E-state index contributed by atoms with van der Waals surface area (Å²) in [5.74, 6) is -0.923. The van der Waals surface area contributed by atoms with Gasteiger partial charge in [0.2, 0.25) is 16.0 Å². The van der Waals surface area contributed by atoms with E-state index >= 15 is 0 Å². The van der Waals surface area contributed by atoms with Gasteiger partial charge in [0.05, 0.1) is 22.0 Å². The van der Waals surface area contributed by atoms with E-state index in [4.69, 9.17) is 23.2 Å². The van der Waals surface area contributed by atoms with Crippen LogP contribution in [-0.4, -0.2) is 49.0 Å². The van der Waals surface area contributed by atoms with Gasteiger partial charge >= 0.3 is 0 Å². The maximum atomic E-state index is 13.9. The molecule has 2 heterocycles. The zero-order chi connectivity index (χ0) is 22.6. The normalized spacial score (nSPS) is 16.8. The molecule has 2 aromatic rings. The first-order valence-corrected chi connectivity index (χ1v) is 12.4. The predicted molar refractivity (Wildman–Crippen MR) is 120 cm³/mol. The predicted octanol–water partition coefficient (Wildman–Crippen LogP) is 4.03. The van der Waals surface area contributed by atoms with Crippen molar-refractivity contribution in [2.75, 3.05) is 25.4 Å². The number of hydrogen-bond donors (Lipinski definition) is 1. The standard InChI is InChI=1S/C21H24Cl2FN3O3S/c1-2-12-31(29,30)27-10-8-21(9-11-27,18-4-3-5-19(24)26-18)14-25-20(28)16-7-6-15(22)13-17(16)23/h3-7,13H,2,8-12,14H2,1H3,(H,25,28). The summed E-state index contributed by atoms with van der Waals surface area (Å²) in [6.07, 6.45) is 1.34. The largest absolute Gasteiger partial charge is 0.351 e. The molecule has 1 amide bonds. The second-order valence-corrected chi connectivity index (χ2v) is 10.6. The molecule has 0 atom stereocenters. The molecule has 1 aliphatic rings. The fraction of sp³-hybridized carbons (Fsp3) is 0.429. The fourth-order valence-corrected chi connectivity index (χ4v) is 5.83. The van der Waals surface area contributed by atoms with Gasteiger partial charge in [0, 0.05) is 30.1 Å². The Morgan fingerprint density at radius 2 is 1.94 bits per heavy atom. The van der Waals surface area contributed by atoms with Gasteiger partial charge in [0.1, 0.15) is 0 Å². The number of rotatable bonds is 7. The maximum Gasteiger partial charge on any atom is 0.252 e. The van der Waals surface area contributed by atoms with Crippen molar-refractivity contribution in [3.05, 3.63) is 63.6 Å². The number of nitrogens with zero attached hydrogens (tertiary/aromatic N) is 2. The number of hydrogen-bond acceptors (Lipinski definition) is 4. The van der Waals surface area contributed by atoms with Gasteiger partial charge in [-0.05, 0) is 49.6 Å². The minimum absolute atomic E-state index is 0.0873. The number of sulfonamides is 1. The quantitative estimate of drug-likeness (QED) is 0.597. The van der Waals surface area contributed by atoms with Crippen molar-refractivity contribution in [3.8, 4) is 0 Å². The Morgan fingerprint density at radius 3 is 2.55 bits per heavy atom. The van der Waals surface area contributed by atoms with E-state index in [1.807, 2.05) is 6.92 Å². The van der Waals surface area contributed by atoms with Crippen LogP contribution in [0.4, 0.5) is 4.39 Å². The van der Waals surface area contributed by atoms with Gasteiger partial charge in [-0.25, -0.2) is 17.7 Å². The first kappa shape index (κ1) is 23.9. The van der Waals surface area contributed by atoms with Crippen LogP contribution in [0.1, 0.15) is 42.2 Å². The Bertz CT molecular complexity index is 1060. The van der Waals surface area contributed by atoms with Gasteiger partial charge < -0.3 is 5.32 Å². The molecule has 1 fully saturated rings. The fourth-order valence-electron chi connectivity index (χ4n) is 3.82. The molecule has 3 rings (SSSR count). The van der Waals surface area contributed by atoms with E-state index in [1.54, 1.807) is 18.2 Å². The van der Waals surface area contributed by atoms with Crippen LogP contribution in [0.5, 0.6) is 0 Å². The molecule has 1 N–H and O–H groups in total. The second kappa shape index (κ2) is 9.81. The highest BCUT2D eigenvalue weighted by molar-refractivity contribution is 7.89. The van der Waals surface area contributed by atoms with Crippen molar-refractivity contribution in [3.63, 3.8) is 0 Å². The van der Waals surface area contributed by atoms with Crippen molar-refractivity contribution >= 4 is 39.1 Å². The zero-order valence-electron chi connectivity index (χ0n) is 17.1. The van der Waals surface area contributed by atoms with Crippen LogP contribution in [0.15, 0.2) is 36.4 Å². The molecule has 1 aromatic carbocycles. The molecule has 0 radical (unpaired) electrons. The Kier molecular flexibility index (Phi) is 7.57. The number of carbonyl (C=O) groups is 1. The van der Waals surface area contributed by atoms with E-state index < -0.39 is 27.3 Å². The zero-order valence-corrected chi connectivity index (χ0v) is 19.4. The van der Waals surface area contributed by atoms with Gasteiger partial charge in [0.15, 0.2) is 0 Å². The van der Waals surface area contributed by atoms with Crippen LogP contribution < -0.4 is 5.32 Å². The molecule has 0 saturated carbocycles. The summed E-state index contributed by atoms with van der Waals surface area (Å²) >= 11 is 12.0. The van der Waals surface area contributed by atoms with Crippen molar-refractivity contribution in [2.24, 2.45) is 0 Å². The van der Waals surface area contributed by atoms with Gasteiger partial charge in [-0.3, -0.25) is 4.79 Å². The summed E-state index contributed by atoms with van der Waals surface area (Å²) in [6.45, 7) is 2.54. The van der Waals surface area contributed by atoms with E-state index in [-0.39, 0.29) is 36.0 Å². The molecule has 0 aliphatic carbocycles. The van der Waals surface area contributed by atoms with Gasteiger partial charge in [0.25, 0.3) is 5.91 Å². The monoisotopic (exact) mass is 487 g/mol. The van der Waals surface area contributed by atoms with Crippen molar-refractivity contribution < 1.29 is 17.6 Å². The topological polar surface area (TPSA) is 79.4 Å². The van der Waals surface area contributed by atoms with Crippen LogP contribution in [0.2, 0.25) is 10.0 Å². The number of nitrogens with one attached hydrogen (secondary N) is 1. The summed E-state index contributed by atoms with van der Waals surface area (Å²) < 4.78 is 40.3. The number of amides is 1. The summed E-state index contributed by atoms with van der Waals surface area (Å²) in [6, 6.07) is 9.12. The van der Waals surface area contributed by atoms with Crippen LogP contribution in [0, 0.1) is 5.95 Å². The van der Waals surface area contributed by atoms with Gasteiger partial charge in [-0.2, -0.15) is 4.39 Å². The second-order valence-electron chi connectivity index (χ2n) is 7.65. The third-order valence-corrected chi connectivity index (χ3v) is 8.18. The molecule has 1 saturated heterocycles. The van der Waals surface area contributed by atoms with E-state index in [1.165, 1.54) is 22.5 Å². The van der Waals surface area contributed by atoms with Crippen LogP contribution in [-0.2, 0) is 15.4 Å². The summed E-state index contributed by atoms with van der Waals surface area (Å²) in [5, 5.41) is 3.51. The van der Waals surface area contributed by atoms with E-state index in [9.17, 15) is 17.6 Å². The number of benzene rings is 1. The highest BCUT2D eigenvalue weighted by Crippen LogP contribution is 2.35. The molecule has 1 aliphatic heterocycles. The third-order valence-electron chi connectivity index (χ3n) is 5.56. The lowest BCUT2D eigenvalue weighted by molar-refractivity contribution is 0.0932. The third kappa shape index (κ3) is 5.55. The minimum Gasteiger partial charge on any atom is -0.351 e. The average molecular weight is 488 g/mol. The summed E-state index contributed by atoms with van der Waals surface area (Å²) in [7, 11) is -3.34. The van der Waals surface area contributed by atoms with Crippen molar-refractivity contribution in [1.82, 2.24) is 14.6 Å². The smallest absolute Gasteiger partial charge is 0.252 e. The Balaban J connectivity index is 1.82. The summed E-state index contributed by atoms with van der Waals surface area (Å²) in [4.78, 5) is 16.8. The molecule has 10 heteroatoms. The first-order chi connectivity index (χ1) is 14.7. The van der Waals surface area contributed by atoms with Crippen molar-refractivity contribution in [2.45, 2.75) is 31.6 Å². The van der Waals surface area contributed by atoms with Gasteiger partial charge in [-0.15, -0.1) is 0 Å². The lowest BCUT2D eigenvalue weighted by atomic mass is 9.75. The van der Waals surface area contributed by atoms with E-state index in [2.05, 4.69) is 10.3 Å². The molecule has 6 nitrogen and oxygen atoms in total. The summed E-state index contributed by atoms with van der Waals surface area (Å²) in [5.41, 5.74) is 0.0634. The van der Waals surface area contributed by atoms with Gasteiger partial charge in [-0.1, -0.05) is 36.2 Å². The van der Waals surface area contributed by atoms with Crippen molar-refractivity contribution in [1.29, 1.82) is 0 Å². The Morgan fingerprint density at radius 1 is 1.23 bits per heavy atom. The average Bonchev–Trinajstić information content (AvgIpc) is 2.72.